The van der Waals surface area contributed by atoms with Crippen LogP contribution >= 0.6 is 11.8 Å². The van der Waals surface area contributed by atoms with Gasteiger partial charge >= 0.3 is 0 Å². The highest BCUT2D eigenvalue weighted by molar-refractivity contribution is 8.04. The Hall–Kier alpha value is -0.890. The second-order valence-corrected chi connectivity index (χ2v) is 4.27. The van der Waals surface area contributed by atoms with Crippen molar-refractivity contribution in [3.05, 3.63) is 47.6 Å². The third kappa shape index (κ3) is 0.619. The maximum atomic E-state index is 5.54. The van der Waals surface area contributed by atoms with Gasteiger partial charge in [0.25, 0.3) is 0 Å². The van der Waals surface area contributed by atoms with Crippen molar-refractivity contribution in [3.8, 4) is 0 Å². The normalized spacial score (nSPS) is 40.7. The molecule has 0 aromatic rings. The Kier molecular flexibility index (Phi) is 1.14. The topological polar surface area (TPSA) is 9.23 Å². The van der Waals surface area contributed by atoms with Gasteiger partial charge in [-0.3, -0.25) is 0 Å². The van der Waals surface area contributed by atoms with Crippen LogP contribution in [-0.4, -0.2) is 10.9 Å². The number of thioether (sulfide) groups is 1. The Morgan fingerprint density at radius 2 is 2.42 bits per heavy atom. The van der Waals surface area contributed by atoms with Crippen LogP contribution in [0.3, 0.4) is 0 Å². The molecular weight excluding hydrogens is 168 g/mol. The third-order valence-electron chi connectivity index (χ3n) is 2.47. The minimum absolute atomic E-state index is 0.0781. The summed E-state index contributed by atoms with van der Waals surface area (Å²) in [6, 6.07) is 0. The molecule has 60 valence electrons. The van der Waals surface area contributed by atoms with Crippen LogP contribution in [0.4, 0.5) is 0 Å². The van der Waals surface area contributed by atoms with Crippen LogP contribution in [0.5, 0.6) is 0 Å². The first-order valence-corrected chi connectivity index (χ1v) is 4.86. The zero-order valence-corrected chi connectivity index (χ0v) is 7.25. The lowest BCUT2D eigenvalue weighted by Gasteiger charge is -2.28. The van der Waals surface area contributed by atoms with Crippen LogP contribution in [0.15, 0.2) is 47.6 Å². The number of allylic oxidation sites excluding steroid dienone is 3. The molecule has 0 bridgehead atoms. The van der Waals surface area contributed by atoms with E-state index in [4.69, 9.17) is 4.74 Å². The zero-order valence-electron chi connectivity index (χ0n) is 6.44. The Labute approximate surface area is 75.5 Å². The van der Waals surface area contributed by atoms with Gasteiger partial charge in [0.1, 0.15) is 10.9 Å². The lowest BCUT2D eigenvalue weighted by molar-refractivity contribution is 0.202. The highest BCUT2D eigenvalue weighted by atomic mass is 32.2. The van der Waals surface area contributed by atoms with E-state index in [0.29, 0.717) is 0 Å². The van der Waals surface area contributed by atoms with Gasteiger partial charge in [0, 0.05) is 5.57 Å². The average Bonchev–Trinajstić information content (AvgIpc) is 2.59. The Bertz CT molecular complexity index is 338. The quantitative estimate of drug-likeness (QED) is 0.560. The Morgan fingerprint density at radius 1 is 1.42 bits per heavy atom. The van der Waals surface area contributed by atoms with Gasteiger partial charge in [-0.2, -0.15) is 0 Å². The van der Waals surface area contributed by atoms with Gasteiger partial charge < -0.3 is 4.74 Å². The summed E-state index contributed by atoms with van der Waals surface area (Å²) in [6.07, 6.45) is 12.7. The molecule has 2 heterocycles. The van der Waals surface area contributed by atoms with Crippen molar-refractivity contribution in [2.45, 2.75) is 10.9 Å². The lowest BCUT2D eigenvalue weighted by atomic mass is 9.91. The van der Waals surface area contributed by atoms with Gasteiger partial charge in [-0.1, -0.05) is 18.2 Å². The number of hydrogen-bond donors (Lipinski definition) is 0. The molecule has 0 saturated heterocycles. The van der Waals surface area contributed by atoms with Crippen molar-refractivity contribution in [1.29, 1.82) is 0 Å². The van der Waals surface area contributed by atoms with E-state index in [1.807, 2.05) is 24.1 Å². The summed E-state index contributed by atoms with van der Waals surface area (Å²) in [5.74, 6) is 0. The molecule has 2 heteroatoms. The molecule has 0 aromatic carbocycles. The van der Waals surface area contributed by atoms with Gasteiger partial charge in [-0.15, -0.1) is 11.8 Å². The number of hydrogen-bond acceptors (Lipinski definition) is 2. The predicted molar refractivity (Wildman–Crippen MR) is 50.7 cm³/mol. The molecule has 3 aliphatic rings. The standard InChI is InChI=1S/C10H8OS/c1-2-5-10-8(4-6-12-10)7-11-9(10)3-1/h1-7,9H. The highest BCUT2D eigenvalue weighted by Gasteiger charge is 2.46. The first kappa shape index (κ1) is 6.61. The van der Waals surface area contributed by atoms with Crippen molar-refractivity contribution < 1.29 is 4.74 Å². The fraction of sp³-hybridized carbons (Fsp3) is 0.200. The first-order valence-electron chi connectivity index (χ1n) is 3.98. The molecule has 0 aromatic heterocycles. The van der Waals surface area contributed by atoms with Crippen LogP contribution in [0.2, 0.25) is 0 Å². The second kappa shape index (κ2) is 2.07. The van der Waals surface area contributed by atoms with Crippen molar-refractivity contribution in [2.75, 3.05) is 0 Å². The van der Waals surface area contributed by atoms with Crippen molar-refractivity contribution >= 4 is 11.8 Å². The van der Waals surface area contributed by atoms with Gasteiger partial charge in [0.2, 0.25) is 0 Å². The van der Waals surface area contributed by atoms with Crippen LogP contribution in [-0.2, 0) is 4.74 Å². The maximum Gasteiger partial charge on any atom is 0.139 e. The average molecular weight is 176 g/mol. The summed E-state index contributed by atoms with van der Waals surface area (Å²) < 4.78 is 5.62. The molecule has 0 radical (unpaired) electrons. The van der Waals surface area contributed by atoms with Crippen LogP contribution < -0.4 is 0 Å². The fourth-order valence-corrected chi connectivity index (χ4v) is 2.93. The largest absolute Gasteiger partial charge is 0.491 e. The Morgan fingerprint density at radius 3 is 3.42 bits per heavy atom. The summed E-state index contributed by atoms with van der Waals surface area (Å²) in [5, 5.41) is 2.14. The van der Waals surface area contributed by atoms with Crippen molar-refractivity contribution in [2.24, 2.45) is 0 Å². The van der Waals surface area contributed by atoms with Crippen LogP contribution in [0, 0.1) is 0 Å². The van der Waals surface area contributed by atoms with E-state index >= 15 is 0 Å². The first-order chi connectivity index (χ1) is 5.92. The second-order valence-electron chi connectivity index (χ2n) is 3.09. The smallest absolute Gasteiger partial charge is 0.139 e. The monoisotopic (exact) mass is 176 g/mol. The van der Waals surface area contributed by atoms with Gasteiger partial charge in [0.05, 0.1) is 6.26 Å². The zero-order chi connectivity index (χ0) is 8.02. The van der Waals surface area contributed by atoms with E-state index in [0.717, 1.165) is 0 Å². The molecule has 2 atom stereocenters. The summed E-state index contributed by atoms with van der Waals surface area (Å²) in [5.41, 5.74) is 1.29. The molecule has 0 saturated carbocycles. The van der Waals surface area contributed by atoms with Gasteiger partial charge in [-0.05, 0) is 17.6 Å². The molecule has 1 nitrogen and oxygen atoms in total. The van der Waals surface area contributed by atoms with E-state index in [1.165, 1.54) is 5.57 Å². The SMILES string of the molecule is C1=CC2OC=C3C=CSC32C=C1. The van der Waals surface area contributed by atoms with E-state index in [-0.39, 0.29) is 10.9 Å². The number of ether oxygens (including phenoxy) is 1. The summed E-state index contributed by atoms with van der Waals surface area (Å²) in [4.78, 5) is 0. The molecule has 0 amide bonds. The van der Waals surface area contributed by atoms with E-state index in [9.17, 15) is 0 Å². The van der Waals surface area contributed by atoms with Crippen molar-refractivity contribution in [1.82, 2.24) is 0 Å². The van der Waals surface area contributed by atoms with E-state index in [2.05, 4.69) is 29.7 Å². The molecule has 1 aliphatic carbocycles. The molecule has 2 aliphatic heterocycles. The molecule has 1 spiro atoms. The predicted octanol–water partition coefficient (Wildman–Crippen LogP) is 2.39. The maximum absolute atomic E-state index is 5.54. The molecule has 0 fully saturated rings. The van der Waals surface area contributed by atoms with Crippen LogP contribution in [0.25, 0.3) is 0 Å². The van der Waals surface area contributed by atoms with Gasteiger partial charge in [-0.25, -0.2) is 0 Å². The van der Waals surface area contributed by atoms with Gasteiger partial charge in [0.15, 0.2) is 0 Å². The molecule has 3 rings (SSSR count). The van der Waals surface area contributed by atoms with E-state index < -0.39 is 0 Å². The molecule has 12 heavy (non-hydrogen) atoms. The number of rotatable bonds is 0. The third-order valence-corrected chi connectivity index (χ3v) is 3.73. The Balaban J connectivity index is 2.14. The fourth-order valence-electron chi connectivity index (χ4n) is 1.81. The summed E-state index contributed by atoms with van der Waals surface area (Å²) in [7, 11) is 0. The highest BCUT2D eigenvalue weighted by Crippen LogP contribution is 2.50. The minimum Gasteiger partial charge on any atom is -0.491 e. The van der Waals surface area contributed by atoms with Crippen LogP contribution in [0.1, 0.15) is 0 Å². The summed E-state index contributed by atoms with van der Waals surface area (Å²) >= 11 is 1.83. The van der Waals surface area contributed by atoms with E-state index in [1.54, 1.807) is 0 Å². The molecular formula is C10H8OS. The lowest BCUT2D eigenvalue weighted by Crippen LogP contribution is -2.33. The summed E-state index contributed by atoms with van der Waals surface area (Å²) in [6.45, 7) is 0. The van der Waals surface area contributed by atoms with Crippen molar-refractivity contribution in [3.63, 3.8) is 0 Å². The molecule has 0 N–H and O–H groups in total. The minimum atomic E-state index is 0.0781. The molecule has 2 unspecified atom stereocenters.